The number of ether oxygens (including phenoxy) is 1. The fourth-order valence-corrected chi connectivity index (χ4v) is 3.78. The van der Waals surface area contributed by atoms with Crippen molar-refractivity contribution in [3.63, 3.8) is 0 Å². The van der Waals surface area contributed by atoms with Gasteiger partial charge in [-0.25, -0.2) is 4.98 Å². The van der Waals surface area contributed by atoms with Gasteiger partial charge in [0.1, 0.15) is 5.75 Å². The van der Waals surface area contributed by atoms with Crippen LogP contribution in [0.15, 0.2) is 29.8 Å². The number of rotatable bonds is 4. The third-order valence-corrected chi connectivity index (χ3v) is 5.38. The number of benzene rings is 1. The van der Waals surface area contributed by atoms with Gasteiger partial charge in [0.25, 0.3) is 5.91 Å². The zero-order chi connectivity index (χ0) is 16.2. The normalized spacial score (nSPS) is 15.7. The summed E-state index contributed by atoms with van der Waals surface area (Å²) in [4.78, 5) is 18.5. The molecule has 23 heavy (non-hydrogen) atoms. The largest absolute Gasteiger partial charge is 0.482 e. The average Bonchev–Trinajstić information content (AvgIpc) is 3.10. The second-order valence-corrected chi connectivity index (χ2v) is 7.16. The van der Waals surface area contributed by atoms with Crippen LogP contribution < -0.4 is 4.74 Å². The molecule has 1 aliphatic heterocycles. The SMILES string of the molecule is O=C(COc1cc(Cl)ccc1Cl)N1CCC(c2nccs2)CC1. The molecule has 0 unspecified atom stereocenters. The van der Waals surface area contributed by atoms with E-state index in [1.165, 1.54) is 5.01 Å². The van der Waals surface area contributed by atoms with Crippen molar-refractivity contribution < 1.29 is 9.53 Å². The van der Waals surface area contributed by atoms with Crippen molar-refractivity contribution in [1.29, 1.82) is 0 Å². The van der Waals surface area contributed by atoms with Crippen LogP contribution in [-0.2, 0) is 4.79 Å². The number of likely N-dealkylation sites (tertiary alicyclic amines) is 1. The molecular weight excluding hydrogens is 355 g/mol. The minimum atomic E-state index is -0.0290. The van der Waals surface area contributed by atoms with Gasteiger partial charge in [0.05, 0.1) is 10.0 Å². The molecule has 122 valence electrons. The second-order valence-electron chi connectivity index (χ2n) is 5.39. The summed E-state index contributed by atoms with van der Waals surface area (Å²) in [5.41, 5.74) is 0. The Morgan fingerprint density at radius 2 is 2.13 bits per heavy atom. The van der Waals surface area contributed by atoms with E-state index in [0.717, 1.165) is 25.9 Å². The van der Waals surface area contributed by atoms with Crippen molar-refractivity contribution in [3.05, 3.63) is 44.8 Å². The average molecular weight is 371 g/mol. The number of carbonyl (C=O) groups is 1. The lowest BCUT2D eigenvalue weighted by Crippen LogP contribution is -2.40. The summed E-state index contributed by atoms with van der Waals surface area (Å²) in [5, 5.41) is 4.14. The van der Waals surface area contributed by atoms with Crippen molar-refractivity contribution in [2.45, 2.75) is 18.8 Å². The van der Waals surface area contributed by atoms with E-state index in [9.17, 15) is 4.79 Å². The van der Waals surface area contributed by atoms with Crippen LogP contribution in [0.25, 0.3) is 0 Å². The number of halogens is 2. The highest BCUT2D eigenvalue weighted by atomic mass is 35.5. The number of carbonyl (C=O) groups excluding carboxylic acids is 1. The van der Waals surface area contributed by atoms with E-state index in [4.69, 9.17) is 27.9 Å². The molecule has 1 amide bonds. The van der Waals surface area contributed by atoms with Gasteiger partial charge >= 0.3 is 0 Å². The van der Waals surface area contributed by atoms with Gasteiger partial charge in [-0.2, -0.15) is 0 Å². The van der Waals surface area contributed by atoms with Gasteiger partial charge in [-0.15, -0.1) is 11.3 Å². The molecule has 0 bridgehead atoms. The zero-order valence-corrected chi connectivity index (χ0v) is 14.7. The maximum Gasteiger partial charge on any atom is 0.260 e. The monoisotopic (exact) mass is 370 g/mol. The Kier molecular flexibility index (Phi) is 5.41. The number of thiazole rings is 1. The number of nitrogens with zero attached hydrogens (tertiary/aromatic N) is 2. The maximum absolute atomic E-state index is 12.3. The first-order valence-corrected chi connectivity index (χ1v) is 9.02. The molecule has 0 atom stereocenters. The van der Waals surface area contributed by atoms with E-state index in [1.807, 2.05) is 16.5 Å². The number of aromatic nitrogens is 1. The van der Waals surface area contributed by atoms with Crippen LogP contribution in [0.3, 0.4) is 0 Å². The minimum Gasteiger partial charge on any atom is -0.482 e. The van der Waals surface area contributed by atoms with Gasteiger partial charge < -0.3 is 9.64 Å². The van der Waals surface area contributed by atoms with Crippen LogP contribution >= 0.6 is 34.5 Å². The topological polar surface area (TPSA) is 42.4 Å². The molecule has 2 heterocycles. The summed E-state index contributed by atoms with van der Waals surface area (Å²) in [6.45, 7) is 1.44. The van der Waals surface area contributed by atoms with Gasteiger partial charge in [0.2, 0.25) is 0 Å². The summed E-state index contributed by atoms with van der Waals surface area (Å²) in [6.07, 6.45) is 3.72. The number of piperidine rings is 1. The molecule has 0 spiro atoms. The molecule has 1 aromatic carbocycles. The molecule has 7 heteroatoms. The Labute approximate surface area is 149 Å². The fraction of sp³-hybridized carbons (Fsp3) is 0.375. The van der Waals surface area contributed by atoms with Crippen molar-refractivity contribution >= 4 is 40.4 Å². The van der Waals surface area contributed by atoms with Gasteiger partial charge in [-0.1, -0.05) is 23.2 Å². The van der Waals surface area contributed by atoms with Gasteiger partial charge in [-0.3, -0.25) is 4.79 Å². The third kappa shape index (κ3) is 4.16. The lowest BCUT2D eigenvalue weighted by molar-refractivity contribution is -0.134. The maximum atomic E-state index is 12.3. The zero-order valence-electron chi connectivity index (χ0n) is 12.4. The summed E-state index contributed by atoms with van der Waals surface area (Å²) in [5.74, 6) is 0.867. The van der Waals surface area contributed by atoms with E-state index in [-0.39, 0.29) is 12.5 Å². The highest BCUT2D eigenvalue weighted by molar-refractivity contribution is 7.09. The van der Waals surface area contributed by atoms with Crippen LogP contribution in [-0.4, -0.2) is 35.5 Å². The quantitative estimate of drug-likeness (QED) is 0.808. The number of amides is 1. The van der Waals surface area contributed by atoms with E-state index >= 15 is 0 Å². The first-order valence-electron chi connectivity index (χ1n) is 7.38. The van der Waals surface area contributed by atoms with Crippen molar-refractivity contribution in [2.75, 3.05) is 19.7 Å². The molecule has 1 saturated heterocycles. The summed E-state index contributed by atoms with van der Waals surface area (Å²) < 4.78 is 5.51. The lowest BCUT2D eigenvalue weighted by Gasteiger charge is -2.31. The van der Waals surface area contributed by atoms with Crippen LogP contribution in [0.4, 0.5) is 0 Å². The van der Waals surface area contributed by atoms with E-state index < -0.39 is 0 Å². The van der Waals surface area contributed by atoms with Crippen LogP contribution in [0.5, 0.6) is 5.75 Å². The Morgan fingerprint density at radius 3 is 2.83 bits per heavy atom. The van der Waals surface area contributed by atoms with Gasteiger partial charge in [0, 0.05) is 41.7 Å². The molecule has 4 nitrogen and oxygen atoms in total. The van der Waals surface area contributed by atoms with Crippen LogP contribution in [0.1, 0.15) is 23.8 Å². The predicted molar refractivity (Wildman–Crippen MR) is 92.6 cm³/mol. The second kappa shape index (κ2) is 7.51. The molecule has 1 aliphatic rings. The van der Waals surface area contributed by atoms with Crippen LogP contribution in [0, 0.1) is 0 Å². The Bertz CT molecular complexity index is 671. The number of hydrogen-bond donors (Lipinski definition) is 0. The summed E-state index contributed by atoms with van der Waals surface area (Å²) in [6, 6.07) is 4.96. The van der Waals surface area contributed by atoms with E-state index in [2.05, 4.69) is 4.98 Å². The minimum absolute atomic E-state index is 0.0258. The van der Waals surface area contributed by atoms with Crippen LogP contribution in [0.2, 0.25) is 10.0 Å². The van der Waals surface area contributed by atoms with Gasteiger partial charge in [-0.05, 0) is 25.0 Å². The molecule has 0 saturated carbocycles. The molecule has 3 rings (SSSR count). The Balaban J connectivity index is 1.51. The molecular formula is C16H16Cl2N2O2S. The van der Waals surface area contributed by atoms with E-state index in [1.54, 1.807) is 29.5 Å². The Morgan fingerprint density at radius 1 is 1.35 bits per heavy atom. The third-order valence-electron chi connectivity index (χ3n) is 3.89. The molecule has 2 aromatic rings. The highest BCUT2D eigenvalue weighted by Crippen LogP contribution is 2.30. The fourth-order valence-electron chi connectivity index (χ4n) is 2.63. The Hall–Kier alpha value is -1.30. The van der Waals surface area contributed by atoms with Crippen molar-refractivity contribution in [2.24, 2.45) is 0 Å². The van der Waals surface area contributed by atoms with Crippen molar-refractivity contribution in [3.8, 4) is 5.75 Å². The lowest BCUT2D eigenvalue weighted by atomic mass is 9.97. The molecule has 0 N–H and O–H groups in total. The van der Waals surface area contributed by atoms with Crippen molar-refractivity contribution in [1.82, 2.24) is 9.88 Å². The number of hydrogen-bond acceptors (Lipinski definition) is 4. The highest BCUT2D eigenvalue weighted by Gasteiger charge is 2.25. The molecule has 0 aliphatic carbocycles. The predicted octanol–water partition coefficient (Wildman–Crippen LogP) is 4.23. The molecule has 1 aromatic heterocycles. The van der Waals surface area contributed by atoms with E-state index in [0.29, 0.717) is 21.7 Å². The summed E-state index contributed by atoms with van der Waals surface area (Å²) in [7, 11) is 0. The smallest absolute Gasteiger partial charge is 0.260 e. The first kappa shape index (κ1) is 16.6. The summed E-state index contributed by atoms with van der Waals surface area (Å²) >= 11 is 13.6. The molecule has 0 radical (unpaired) electrons. The first-order chi connectivity index (χ1) is 11.1. The van der Waals surface area contributed by atoms with Gasteiger partial charge in [0.15, 0.2) is 6.61 Å². The standard InChI is InChI=1S/C16H16Cl2N2O2S/c17-12-1-2-13(18)14(9-12)22-10-15(21)20-6-3-11(4-7-20)16-19-5-8-23-16/h1-2,5,8-9,11H,3-4,6-7,10H2. The molecule has 1 fully saturated rings.